The van der Waals surface area contributed by atoms with E-state index in [1.165, 1.54) is 22.4 Å². The molecule has 2 aliphatic rings. The number of hydrogen-bond acceptors (Lipinski definition) is 4. The van der Waals surface area contributed by atoms with E-state index in [-0.39, 0.29) is 0 Å². The zero-order valence-electron chi connectivity index (χ0n) is 16.0. The van der Waals surface area contributed by atoms with Gasteiger partial charge in [-0.1, -0.05) is 15.9 Å². The van der Waals surface area contributed by atoms with Crippen LogP contribution in [0.3, 0.4) is 0 Å². The van der Waals surface area contributed by atoms with E-state index < -0.39 is 8.22 Å². The fourth-order valence-electron chi connectivity index (χ4n) is 3.91. The van der Waals surface area contributed by atoms with E-state index in [0.29, 0.717) is 0 Å². The lowest BCUT2D eigenvalue weighted by Gasteiger charge is -2.42. The summed E-state index contributed by atoms with van der Waals surface area (Å²) in [6.07, 6.45) is 0. The molecule has 1 aromatic carbocycles. The summed E-state index contributed by atoms with van der Waals surface area (Å²) in [7, 11) is -0.528. The van der Waals surface area contributed by atoms with E-state index in [0.717, 1.165) is 57.1 Å². The minimum absolute atomic E-state index is 0.528. The Morgan fingerprint density at radius 3 is 1.89 bits per heavy atom. The van der Waals surface area contributed by atoms with Crippen molar-refractivity contribution in [3.63, 3.8) is 0 Å². The third kappa shape index (κ3) is 4.16. The van der Waals surface area contributed by atoms with Gasteiger partial charge >= 0.3 is 0 Å². The summed E-state index contributed by atoms with van der Waals surface area (Å²) < 4.78 is 20.0. The highest BCUT2D eigenvalue weighted by Crippen LogP contribution is 2.45. The molecule has 3 heterocycles. The summed E-state index contributed by atoms with van der Waals surface area (Å²) in [5.74, 6) is 0. The predicted molar refractivity (Wildman–Crippen MR) is 114 cm³/mol. The average molecular weight is 452 g/mol. The van der Waals surface area contributed by atoms with Gasteiger partial charge in [-0.05, 0) is 44.2 Å². The van der Waals surface area contributed by atoms with Crippen molar-refractivity contribution in [2.24, 2.45) is 0 Å². The zero-order chi connectivity index (χ0) is 18.8. The molecule has 7 heteroatoms. The molecule has 0 amide bonds. The normalized spacial score (nSPS) is 19.7. The van der Waals surface area contributed by atoms with Gasteiger partial charge in [-0.2, -0.15) is 0 Å². The van der Waals surface area contributed by atoms with Crippen LogP contribution in [0.4, 0.5) is 0 Å². The molecule has 5 nitrogen and oxygen atoms in total. The molecule has 0 unspecified atom stereocenters. The highest BCUT2D eigenvalue weighted by atomic mass is 79.9. The first-order valence-electron chi connectivity index (χ1n) is 9.55. The Labute approximate surface area is 171 Å². The van der Waals surface area contributed by atoms with E-state index in [4.69, 9.17) is 9.47 Å². The molecule has 146 valence electrons. The van der Waals surface area contributed by atoms with Crippen LogP contribution in [-0.4, -0.2) is 66.5 Å². The van der Waals surface area contributed by atoms with Gasteiger partial charge in [-0.15, -0.1) is 0 Å². The Hall–Kier alpha value is -0.750. The fraction of sp³-hybridized carbons (Fsp3) is 0.500. The Kier molecular flexibility index (Phi) is 6.32. The smallest absolute Gasteiger partial charge is 0.0746 e. The molecule has 2 saturated heterocycles. The number of ether oxygens (including phenoxy) is 2. The van der Waals surface area contributed by atoms with Crippen molar-refractivity contribution in [2.45, 2.75) is 13.8 Å². The number of benzene rings is 1. The largest absolute Gasteiger partial charge is 0.379 e. The van der Waals surface area contributed by atoms with E-state index in [2.05, 4.69) is 74.0 Å². The van der Waals surface area contributed by atoms with Crippen LogP contribution in [0.1, 0.15) is 11.4 Å². The van der Waals surface area contributed by atoms with E-state index in [1.54, 1.807) is 0 Å². The average Bonchev–Trinajstić information content (AvgIpc) is 2.99. The lowest BCUT2D eigenvalue weighted by atomic mass is 10.3. The Bertz CT molecular complexity index is 750. The van der Waals surface area contributed by atoms with Gasteiger partial charge < -0.3 is 14.0 Å². The topological polar surface area (TPSA) is 29.9 Å². The van der Waals surface area contributed by atoms with Crippen molar-refractivity contribution in [3.05, 3.63) is 46.2 Å². The molecule has 1 aromatic heterocycles. The van der Waals surface area contributed by atoms with Crippen molar-refractivity contribution in [1.29, 1.82) is 0 Å². The van der Waals surface area contributed by atoms with Crippen molar-refractivity contribution in [3.8, 4) is 5.69 Å². The molecule has 0 bridgehead atoms. The number of aromatic nitrogens is 1. The summed E-state index contributed by atoms with van der Waals surface area (Å²) in [6.45, 7) is 11.8. The second-order valence-electron chi connectivity index (χ2n) is 6.99. The maximum absolute atomic E-state index is 5.63. The van der Waals surface area contributed by atoms with Gasteiger partial charge in [0.1, 0.15) is 0 Å². The summed E-state index contributed by atoms with van der Waals surface area (Å²) in [6, 6.07) is 11.0. The first-order valence-corrected chi connectivity index (χ1v) is 11.6. The molecule has 0 N–H and O–H groups in total. The molecule has 0 radical (unpaired) electrons. The Morgan fingerprint density at radius 2 is 1.37 bits per heavy atom. The van der Waals surface area contributed by atoms with E-state index in [1.807, 2.05) is 0 Å². The van der Waals surface area contributed by atoms with Crippen LogP contribution in [-0.2, 0) is 9.47 Å². The predicted octanol–water partition coefficient (Wildman–Crippen LogP) is 3.46. The van der Waals surface area contributed by atoms with Crippen molar-refractivity contribution in [2.75, 3.05) is 52.6 Å². The number of aryl methyl sites for hydroxylation is 1. The van der Waals surface area contributed by atoms with Crippen LogP contribution in [0.25, 0.3) is 5.69 Å². The number of hydrogen-bond donors (Lipinski definition) is 0. The molecule has 0 spiro atoms. The molecular weight excluding hydrogens is 425 g/mol. The van der Waals surface area contributed by atoms with Gasteiger partial charge in [0.25, 0.3) is 0 Å². The van der Waals surface area contributed by atoms with E-state index in [9.17, 15) is 0 Å². The monoisotopic (exact) mass is 451 g/mol. The van der Waals surface area contributed by atoms with Crippen LogP contribution < -0.4 is 5.30 Å². The maximum Gasteiger partial charge on any atom is 0.0746 e. The lowest BCUT2D eigenvalue weighted by molar-refractivity contribution is 0.0593. The van der Waals surface area contributed by atoms with Crippen LogP contribution in [0.5, 0.6) is 0 Å². The summed E-state index contributed by atoms with van der Waals surface area (Å²) >= 11 is 3.54. The third-order valence-electron chi connectivity index (χ3n) is 5.22. The molecule has 0 aliphatic carbocycles. The molecule has 2 aromatic rings. The summed E-state index contributed by atoms with van der Waals surface area (Å²) in [4.78, 5) is 0. The third-order valence-corrected chi connectivity index (χ3v) is 8.50. The van der Waals surface area contributed by atoms with Crippen molar-refractivity contribution < 1.29 is 9.47 Å². The number of morpholine rings is 2. The number of halogens is 1. The van der Waals surface area contributed by atoms with Crippen LogP contribution in [0.2, 0.25) is 0 Å². The second-order valence-corrected chi connectivity index (χ2v) is 10.1. The summed E-state index contributed by atoms with van der Waals surface area (Å²) in [5.41, 5.74) is 3.86. The van der Waals surface area contributed by atoms with Gasteiger partial charge in [0.15, 0.2) is 0 Å². The summed E-state index contributed by atoms with van der Waals surface area (Å²) in [5, 5.41) is 1.47. The first kappa shape index (κ1) is 19.6. The highest BCUT2D eigenvalue weighted by Gasteiger charge is 2.32. The van der Waals surface area contributed by atoms with Crippen molar-refractivity contribution in [1.82, 2.24) is 13.9 Å². The minimum atomic E-state index is -0.528. The van der Waals surface area contributed by atoms with Crippen LogP contribution in [0.15, 0.2) is 34.8 Å². The highest BCUT2D eigenvalue weighted by molar-refractivity contribution is 9.10. The molecule has 0 atom stereocenters. The first-order chi connectivity index (χ1) is 13.1. The van der Waals surface area contributed by atoms with E-state index >= 15 is 0 Å². The molecular formula is C20H27BrN3O2P. The molecule has 2 aliphatic heterocycles. The molecule has 0 saturated carbocycles. The molecule has 2 fully saturated rings. The van der Waals surface area contributed by atoms with Gasteiger partial charge in [0.2, 0.25) is 0 Å². The maximum atomic E-state index is 5.63. The molecule has 27 heavy (non-hydrogen) atoms. The van der Waals surface area contributed by atoms with Crippen molar-refractivity contribution >= 4 is 29.5 Å². The fourth-order valence-corrected chi connectivity index (χ4v) is 6.91. The standard InChI is InChI=1S/C20H27BrN3O2P/c1-16-15-20(17(2)24(16)19-5-3-18(21)4-6-19)27(22-7-11-25-12-8-22)23-9-13-26-14-10-23/h3-6,15H,7-14H2,1-2H3. The second kappa shape index (κ2) is 8.73. The minimum Gasteiger partial charge on any atom is -0.379 e. The van der Waals surface area contributed by atoms with Gasteiger partial charge in [-0.25, -0.2) is 0 Å². The van der Waals surface area contributed by atoms with Crippen LogP contribution >= 0.6 is 24.2 Å². The van der Waals surface area contributed by atoms with Crippen LogP contribution in [0, 0.1) is 13.8 Å². The SMILES string of the molecule is Cc1cc(P(N2CCOCC2)N2CCOCC2)c(C)n1-c1ccc(Br)cc1. The lowest BCUT2D eigenvalue weighted by Crippen LogP contribution is -2.44. The number of nitrogens with zero attached hydrogens (tertiary/aromatic N) is 3. The zero-order valence-corrected chi connectivity index (χ0v) is 18.5. The Morgan fingerprint density at radius 1 is 0.852 bits per heavy atom. The van der Waals surface area contributed by atoms with Gasteiger partial charge in [0, 0.05) is 53.0 Å². The van der Waals surface area contributed by atoms with Gasteiger partial charge in [-0.3, -0.25) is 9.34 Å². The quantitative estimate of drug-likeness (QED) is 0.665. The van der Waals surface area contributed by atoms with Gasteiger partial charge in [0.05, 0.1) is 34.7 Å². The number of rotatable bonds is 4. The molecule has 4 rings (SSSR count). The Balaban J connectivity index is 1.73.